The molecule has 156 valence electrons. The molecule has 1 atom stereocenters. The fourth-order valence-electron chi connectivity index (χ4n) is 3.09. The van der Waals surface area contributed by atoms with Crippen molar-refractivity contribution in [3.05, 3.63) is 57.9 Å². The van der Waals surface area contributed by atoms with Crippen LogP contribution in [-0.2, 0) is 26.9 Å². The third-order valence-electron chi connectivity index (χ3n) is 4.39. The summed E-state index contributed by atoms with van der Waals surface area (Å²) >= 11 is 5.81. The molecule has 0 N–H and O–H groups in total. The number of benzene rings is 2. The molecule has 9 heteroatoms. The second-order valence-electron chi connectivity index (χ2n) is 6.37. The zero-order valence-electron chi connectivity index (χ0n) is 15.3. The normalized spacial score (nSPS) is 15.9. The Bertz CT molecular complexity index is 891. The van der Waals surface area contributed by atoms with Crippen LogP contribution < -0.4 is 4.74 Å². The van der Waals surface area contributed by atoms with Gasteiger partial charge in [0.2, 0.25) is 0 Å². The summed E-state index contributed by atoms with van der Waals surface area (Å²) in [6.45, 7) is 1.74. The minimum absolute atomic E-state index is 0.191. The first-order chi connectivity index (χ1) is 13.7. The molecule has 3 rings (SSSR count). The number of carbonyl (C=O) groups is 1. The lowest BCUT2D eigenvalue weighted by molar-refractivity contribution is -0.150. The van der Waals surface area contributed by atoms with Gasteiger partial charge < -0.3 is 14.2 Å². The molecule has 0 aromatic heterocycles. The van der Waals surface area contributed by atoms with Crippen molar-refractivity contribution in [3.8, 4) is 11.5 Å². The van der Waals surface area contributed by atoms with E-state index in [1.807, 2.05) is 0 Å². The van der Waals surface area contributed by atoms with Crippen molar-refractivity contribution < 1.29 is 36.6 Å². The molecule has 0 radical (unpaired) electrons. The predicted molar refractivity (Wildman–Crippen MR) is 96.6 cm³/mol. The first-order valence-corrected chi connectivity index (χ1v) is 9.21. The van der Waals surface area contributed by atoms with Crippen LogP contribution in [-0.4, -0.2) is 19.2 Å². The smallest absolute Gasteiger partial charge is 0.416 e. The summed E-state index contributed by atoms with van der Waals surface area (Å²) in [7, 11) is 0. The second-order valence-corrected chi connectivity index (χ2v) is 6.78. The zero-order valence-corrected chi connectivity index (χ0v) is 16.1. The van der Waals surface area contributed by atoms with E-state index in [1.165, 1.54) is 0 Å². The van der Waals surface area contributed by atoms with Crippen molar-refractivity contribution in [2.75, 3.05) is 13.2 Å². The average Bonchev–Trinajstić information content (AvgIpc) is 3.04. The predicted octanol–water partition coefficient (Wildman–Crippen LogP) is 5.86. The number of hydrogen-bond acceptors (Lipinski definition) is 4. The molecule has 0 fully saturated rings. The summed E-state index contributed by atoms with van der Waals surface area (Å²) in [5, 5.41) is -0.493. The van der Waals surface area contributed by atoms with E-state index in [1.54, 1.807) is 25.1 Å². The summed E-state index contributed by atoms with van der Waals surface area (Å²) in [5.41, 5.74) is 0.536. The maximum Gasteiger partial charge on any atom is 0.416 e. The second kappa shape index (κ2) is 8.59. The van der Waals surface area contributed by atoms with Crippen LogP contribution in [0.4, 0.5) is 17.6 Å². The van der Waals surface area contributed by atoms with Crippen molar-refractivity contribution in [1.82, 2.24) is 0 Å². The fraction of sp³-hybridized carbons (Fsp3) is 0.350. The third kappa shape index (κ3) is 5.00. The Balaban J connectivity index is 1.79. The van der Waals surface area contributed by atoms with Gasteiger partial charge in [-0.2, -0.15) is 13.2 Å². The standard InChI is InChI=1S/C20H17ClF4O4/c1-2-27-18(26)10-28-17-6-4-11-3-5-13(9-14(11)17)29-19-15(21)7-12(8-16(19)22)20(23,24)25/h3,5,7-9,17H,2,4,6,10H2,1H3. The van der Waals surface area contributed by atoms with E-state index >= 15 is 0 Å². The van der Waals surface area contributed by atoms with E-state index in [0.29, 0.717) is 18.6 Å². The summed E-state index contributed by atoms with van der Waals surface area (Å²) in [5.74, 6) is -2.01. The number of fused-ring (bicyclic) bond motifs is 1. The molecule has 1 aliphatic carbocycles. The number of carbonyl (C=O) groups excluding carboxylic acids is 1. The van der Waals surface area contributed by atoms with Gasteiger partial charge >= 0.3 is 12.1 Å². The summed E-state index contributed by atoms with van der Waals surface area (Å²) in [4.78, 5) is 11.5. The average molecular weight is 433 g/mol. The third-order valence-corrected chi connectivity index (χ3v) is 4.67. The largest absolute Gasteiger partial charge is 0.464 e. The van der Waals surface area contributed by atoms with E-state index < -0.39 is 34.3 Å². The van der Waals surface area contributed by atoms with Crippen LogP contribution in [0.1, 0.15) is 36.1 Å². The Kier molecular flexibility index (Phi) is 6.33. The Morgan fingerprint density at radius 1 is 1.24 bits per heavy atom. The number of hydrogen-bond donors (Lipinski definition) is 0. The van der Waals surface area contributed by atoms with Gasteiger partial charge in [-0.05, 0) is 55.2 Å². The van der Waals surface area contributed by atoms with Crippen LogP contribution >= 0.6 is 11.6 Å². The van der Waals surface area contributed by atoms with Crippen LogP contribution in [0.25, 0.3) is 0 Å². The first kappa shape index (κ1) is 21.4. The highest BCUT2D eigenvalue weighted by atomic mass is 35.5. The van der Waals surface area contributed by atoms with E-state index in [2.05, 4.69) is 0 Å². The van der Waals surface area contributed by atoms with Gasteiger partial charge in [0.15, 0.2) is 11.6 Å². The molecule has 4 nitrogen and oxygen atoms in total. The van der Waals surface area contributed by atoms with Crippen LogP contribution in [0, 0.1) is 5.82 Å². The molecular formula is C20H17ClF4O4. The van der Waals surface area contributed by atoms with Gasteiger partial charge in [0.1, 0.15) is 12.4 Å². The van der Waals surface area contributed by atoms with Gasteiger partial charge in [0.05, 0.1) is 23.3 Å². The summed E-state index contributed by atoms with van der Waals surface area (Å²) in [6, 6.07) is 5.87. The Hall–Kier alpha value is -2.32. The number of alkyl halides is 3. The quantitative estimate of drug-likeness (QED) is 0.424. The van der Waals surface area contributed by atoms with Gasteiger partial charge in [-0.1, -0.05) is 17.7 Å². The molecule has 1 unspecified atom stereocenters. The minimum atomic E-state index is -4.72. The number of ether oxygens (including phenoxy) is 3. The molecule has 2 aromatic rings. The van der Waals surface area contributed by atoms with Crippen molar-refractivity contribution in [2.24, 2.45) is 0 Å². The fourth-order valence-corrected chi connectivity index (χ4v) is 3.34. The SMILES string of the molecule is CCOC(=O)COC1CCc2ccc(Oc3c(F)cc(C(F)(F)F)cc3Cl)cc21. The van der Waals surface area contributed by atoms with Crippen molar-refractivity contribution >= 4 is 17.6 Å². The first-order valence-electron chi connectivity index (χ1n) is 8.83. The van der Waals surface area contributed by atoms with Crippen molar-refractivity contribution in [3.63, 3.8) is 0 Å². The molecule has 0 saturated heterocycles. The Morgan fingerprint density at radius 2 is 2.00 bits per heavy atom. The Labute approximate surface area is 169 Å². The minimum Gasteiger partial charge on any atom is -0.464 e. The zero-order chi connectivity index (χ0) is 21.2. The molecule has 0 aliphatic heterocycles. The molecule has 0 spiro atoms. The number of aryl methyl sites for hydroxylation is 1. The lowest BCUT2D eigenvalue weighted by Crippen LogP contribution is -2.14. The van der Waals surface area contributed by atoms with E-state index in [-0.39, 0.29) is 25.1 Å². The van der Waals surface area contributed by atoms with E-state index in [4.69, 9.17) is 25.8 Å². The van der Waals surface area contributed by atoms with Gasteiger partial charge in [0.25, 0.3) is 0 Å². The molecule has 0 amide bonds. The number of halogens is 5. The van der Waals surface area contributed by atoms with Gasteiger partial charge in [-0.15, -0.1) is 0 Å². The highest BCUT2D eigenvalue weighted by Crippen LogP contribution is 2.41. The number of rotatable bonds is 6. The van der Waals surface area contributed by atoms with E-state index in [0.717, 1.165) is 17.5 Å². The van der Waals surface area contributed by atoms with Crippen LogP contribution in [0.15, 0.2) is 30.3 Å². The molecule has 1 aliphatic rings. The molecule has 0 saturated carbocycles. The highest BCUT2D eigenvalue weighted by molar-refractivity contribution is 6.32. The maximum atomic E-state index is 14.2. The summed E-state index contributed by atoms with van der Waals surface area (Å²) in [6.07, 6.45) is -3.72. The topological polar surface area (TPSA) is 44.8 Å². The molecule has 29 heavy (non-hydrogen) atoms. The molecular weight excluding hydrogens is 416 g/mol. The highest BCUT2D eigenvalue weighted by Gasteiger charge is 2.33. The molecule has 0 bridgehead atoms. The van der Waals surface area contributed by atoms with E-state index in [9.17, 15) is 22.4 Å². The maximum absolute atomic E-state index is 14.2. The van der Waals surface area contributed by atoms with Gasteiger partial charge in [0, 0.05) is 0 Å². The Morgan fingerprint density at radius 3 is 2.66 bits per heavy atom. The van der Waals surface area contributed by atoms with Crippen molar-refractivity contribution in [1.29, 1.82) is 0 Å². The lowest BCUT2D eigenvalue weighted by Gasteiger charge is -2.15. The van der Waals surface area contributed by atoms with Crippen molar-refractivity contribution in [2.45, 2.75) is 32.0 Å². The van der Waals surface area contributed by atoms with Gasteiger partial charge in [-0.3, -0.25) is 0 Å². The van der Waals surface area contributed by atoms with Crippen LogP contribution in [0.3, 0.4) is 0 Å². The molecule has 2 aromatic carbocycles. The van der Waals surface area contributed by atoms with Crippen LogP contribution in [0.5, 0.6) is 11.5 Å². The molecule has 0 heterocycles. The van der Waals surface area contributed by atoms with Crippen LogP contribution in [0.2, 0.25) is 5.02 Å². The van der Waals surface area contributed by atoms with Gasteiger partial charge in [-0.25, -0.2) is 9.18 Å². The number of esters is 1. The summed E-state index contributed by atoms with van der Waals surface area (Å²) < 4.78 is 68.3. The lowest BCUT2D eigenvalue weighted by atomic mass is 10.1. The monoisotopic (exact) mass is 432 g/mol.